The van der Waals surface area contributed by atoms with Crippen molar-refractivity contribution in [2.75, 3.05) is 13.1 Å². The Morgan fingerprint density at radius 3 is 2.96 bits per heavy atom. The molecule has 0 bridgehead atoms. The normalized spacial score (nSPS) is 12.9. The lowest BCUT2D eigenvalue weighted by atomic mass is 10.2. The van der Waals surface area contributed by atoms with Crippen LogP contribution >= 0.6 is 11.3 Å². The monoisotopic (exact) mass is 386 g/mol. The Bertz CT molecular complexity index is 851. The van der Waals surface area contributed by atoms with Crippen LogP contribution in [0.4, 0.5) is 0 Å². The summed E-state index contributed by atoms with van der Waals surface area (Å²) in [5.41, 5.74) is 0. The largest absolute Gasteiger partial charge is 0.461 e. The van der Waals surface area contributed by atoms with Gasteiger partial charge in [-0.15, -0.1) is 11.3 Å². The molecular formula is C19H26N6OS. The van der Waals surface area contributed by atoms with Crippen molar-refractivity contribution >= 4 is 17.3 Å². The summed E-state index contributed by atoms with van der Waals surface area (Å²) in [7, 11) is 0. The van der Waals surface area contributed by atoms with Crippen molar-refractivity contribution in [3.63, 3.8) is 0 Å². The molecule has 0 aliphatic rings. The van der Waals surface area contributed by atoms with Gasteiger partial charge in [0.15, 0.2) is 11.7 Å². The predicted molar refractivity (Wildman–Crippen MR) is 109 cm³/mol. The number of hydrogen-bond acceptors (Lipinski definition) is 5. The van der Waals surface area contributed by atoms with Crippen molar-refractivity contribution in [3.05, 3.63) is 46.1 Å². The lowest BCUT2D eigenvalue weighted by Crippen LogP contribution is -2.43. The Morgan fingerprint density at radius 2 is 2.26 bits per heavy atom. The molecule has 3 N–H and O–H groups in total. The van der Waals surface area contributed by atoms with Gasteiger partial charge < -0.3 is 15.1 Å². The average Bonchev–Trinajstić information content (AvgIpc) is 3.36. The molecule has 3 aromatic heterocycles. The molecule has 0 radical (unpaired) electrons. The molecular weight excluding hydrogens is 360 g/mol. The van der Waals surface area contributed by atoms with Gasteiger partial charge in [0.25, 0.3) is 0 Å². The summed E-state index contributed by atoms with van der Waals surface area (Å²) in [6.07, 6.45) is 3.28. The van der Waals surface area contributed by atoms with Crippen molar-refractivity contribution in [1.82, 2.24) is 25.8 Å². The molecule has 0 saturated heterocycles. The fourth-order valence-electron chi connectivity index (χ4n) is 2.70. The van der Waals surface area contributed by atoms with E-state index in [4.69, 9.17) is 4.42 Å². The summed E-state index contributed by atoms with van der Waals surface area (Å²) >= 11 is 1.85. The second-order valence-corrected chi connectivity index (χ2v) is 7.73. The first-order valence-electron chi connectivity index (χ1n) is 9.19. The quantitative estimate of drug-likeness (QED) is 0.409. The van der Waals surface area contributed by atoms with Crippen LogP contribution in [-0.2, 0) is 12.8 Å². The molecule has 1 atom stereocenters. The molecule has 27 heavy (non-hydrogen) atoms. The van der Waals surface area contributed by atoms with Gasteiger partial charge in [0.2, 0.25) is 5.82 Å². The maximum Gasteiger partial charge on any atom is 0.216 e. The zero-order valence-electron chi connectivity index (χ0n) is 16.0. The molecule has 0 aromatic carbocycles. The Balaban J connectivity index is 1.52. The molecule has 0 amide bonds. The molecule has 0 saturated carbocycles. The second kappa shape index (κ2) is 9.36. The molecule has 0 aliphatic carbocycles. The van der Waals surface area contributed by atoms with Crippen LogP contribution in [0.1, 0.15) is 29.4 Å². The topological polar surface area (TPSA) is 91.1 Å². The van der Waals surface area contributed by atoms with E-state index in [0.29, 0.717) is 30.6 Å². The highest BCUT2D eigenvalue weighted by Gasteiger charge is 2.09. The standard InChI is InChI=1S/C19H26N6OS/c1-4-20-19(22-13(2)12-15-8-7-14(3)27-15)21-10-9-17-23-18(25-24-17)16-6-5-11-26-16/h5-8,11,13H,4,9-10,12H2,1-3H3,(H2,20,21,22)(H,23,24,25). The smallest absolute Gasteiger partial charge is 0.216 e. The Kier molecular flexibility index (Phi) is 6.64. The number of aryl methyl sites for hydroxylation is 1. The van der Waals surface area contributed by atoms with Crippen molar-refractivity contribution in [3.8, 4) is 11.6 Å². The molecule has 1 unspecified atom stereocenters. The Morgan fingerprint density at radius 1 is 1.37 bits per heavy atom. The number of nitrogens with one attached hydrogen (secondary N) is 3. The minimum atomic E-state index is 0.302. The lowest BCUT2D eigenvalue weighted by Gasteiger charge is -2.17. The third-order valence-corrected chi connectivity index (χ3v) is 4.95. The zero-order chi connectivity index (χ0) is 19.1. The number of guanidine groups is 1. The number of aromatic amines is 1. The summed E-state index contributed by atoms with van der Waals surface area (Å²) in [6, 6.07) is 8.33. The van der Waals surface area contributed by atoms with Gasteiger partial charge in [0, 0.05) is 41.7 Å². The molecule has 0 aliphatic heterocycles. The van der Waals surface area contributed by atoms with Crippen LogP contribution in [0.5, 0.6) is 0 Å². The summed E-state index contributed by atoms with van der Waals surface area (Å²) < 4.78 is 5.31. The molecule has 0 fully saturated rings. The SMILES string of the molecule is CCNC(=NCCc1nc(-c2ccco2)n[nH]1)NC(C)Cc1ccc(C)s1. The number of aromatic nitrogens is 3. The van der Waals surface area contributed by atoms with Crippen molar-refractivity contribution in [2.45, 2.75) is 39.7 Å². The van der Waals surface area contributed by atoms with E-state index < -0.39 is 0 Å². The first kappa shape index (κ1) is 19.2. The van der Waals surface area contributed by atoms with Gasteiger partial charge in [-0.2, -0.15) is 5.10 Å². The molecule has 3 heterocycles. The highest BCUT2D eigenvalue weighted by Crippen LogP contribution is 2.17. The van der Waals surface area contributed by atoms with Gasteiger partial charge in [-0.05, 0) is 45.0 Å². The minimum absolute atomic E-state index is 0.302. The Hall–Kier alpha value is -2.61. The zero-order valence-corrected chi connectivity index (χ0v) is 16.8. The van der Waals surface area contributed by atoms with Crippen LogP contribution in [-0.4, -0.2) is 40.3 Å². The molecule has 3 aromatic rings. The number of thiophene rings is 1. The fraction of sp³-hybridized carbons (Fsp3) is 0.421. The number of hydrogen-bond donors (Lipinski definition) is 3. The summed E-state index contributed by atoms with van der Waals surface area (Å²) in [6.45, 7) is 7.82. The highest BCUT2D eigenvalue weighted by atomic mass is 32.1. The van der Waals surface area contributed by atoms with E-state index in [2.05, 4.69) is 63.7 Å². The molecule has 8 heteroatoms. The lowest BCUT2D eigenvalue weighted by molar-refractivity contribution is 0.577. The van der Waals surface area contributed by atoms with Gasteiger partial charge in [-0.25, -0.2) is 4.98 Å². The first-order valence-corrected chi connectivity index (χ1v) is 10.0. The molecule has 3 rings (SSSR count). The second-order valence-electron chi connectivity index (χ2n) is 6.36. The number of furan rings is 1. The van der Waals surface area contributed by atoms with E-state index >= 15 is 0 Å². The van der Waals surface area contributed by atoms with Crippen molar-refractivity contribution in [2.24, 2.45) is 4.99 Å². The van der Waals surface area contributed by atoms with Gasteiger partial charge in [-0.1, -0.05) is 0 Å². The van der Waals surface area contributed by atoms with E-state index in [-0.39, 0.29) is 0 Å². The van der Waals surface area contributed by atoms with E-state index in [0.717, 1.165) is 24.7 Å². The summed E-state index contributed by atoms with van der Waals surface area (Å²) in [4.78, 5) is 11.8. The predicted octanol–water partition coefficient (Wildman–Crippen LogP) is 3.16. The van der Waals surface area contributed by atoms with E-state index in [1.165, 1.54) is 9.75 Å². The van der Waals surface area contributed by atoms with Gasteiger partial charge in [0.1, 0.15) is 5.82 Å². The first-order chi connectivity index (χ1) is 13.1. The highest BCUT2D eigenvalue weighted by molar-refractivity contribution is 7.11. The number of aliphatic imine (C=N–C) groups is 1. The maximum atomic E-state index is 5.31. The van der Waals surface area contributed by atoms with Crippen molar-refractivity contribution < 1.29 is 4.42 Å². The van der Waals surface area contributed by atoms with Gasteiger partial charge >= 0.3 is 0 Å². The third kappa shape index (κ3) is 5.68. The van der Waals surface area contributed by atoms with Crippen LogP contribution in [0.3, 0.4) is 0 Å². The van der Waals surface area contributed by atoms with Gasteiger partial charge in [0.05, 0.1) is 6.26 Å². The number of H-pyrrole nitrogens is 1. The molecule has 0 spiro atoms. The number of rotatable bonds is 8. The summed E-state index contributed by atoms with van der Waals surface area (Å²) in [5.74, 6) is 2.85. The number of nitrogens with zero attached hydrogens (tertiary/aromatic N) is 3. The molecule has 7 nitrogen and oxygen atoms in total. The molecule has 144 valence electrons. The van der Waals surface area contributed by atoms with Crippen molar-refractivity contribution in [1.29, 1.82) is 0 Å². The van der Waals surface area contributed by atoms with Crippen LogP contribution in [0, 0.1) is 6.92 Å². The van der Waals surface area contributed by atoms with Crippen LogP contribution < -0.4 is 10.6 Å². The Labute approximate surface area is 163 Å². The average molecular weight is 387 g/mol. The maximum absolute atomic E-state index is 5.31. The third-order valence-electron chi connectivity index (χ3n) is 3.92. The van der Waals surface area contributed by atoms with E-state index in [9.17, 15) is 0 Å². The van der Waals surface area contributed by atoms with E-state index in [1.54, 1.807) is 6.26 Å². The minimum Gasteiger partial charge on any atom is -0.461 e. The van der Waals surface area contributed by atoms with E-state index in [1.807, 2.05) is 23.5 Å². The summed E-state index contributed by atoms with van der Waals surface area (Å²) in [5, 5.41) is 13.9. The van der Waals surface area contributed by atoms with Gasteiger partial charge in [-0.3, -0.25) is 10.1 Å². The van der Waals surface area contributed by atoms with Crippen LogP contribution in [0.25, 0.3) is 11.6 Å². The van der Waals surface area contributed by atoms with Crippen LogP contribution in [0.15, 0.2) is 39.9 Å². The van der Waals surface area contributed by atoms with Crippen LogP contribution in [0.2, 0.25) is 0 Å². The fourth-order valence-corrected chi connectivity index (χ4v) is 3.72.